The number of benzene rings is 1. The molecule has 2 rings (SSSR count). The molecule has 19 heavy (non-hydrogen) atoms. The summed E-state index contributed by atoms with van der Waals surface area (Å²) < 4.78 is 5.67. The molecule has 0 amide bonds. The Labute approximate surface area is 125 Å². The molecule has 0 radical (unpaired) electrons. The van der Waals surface area contributed by atoms with E-state index >= 15 is 0 Å². The van der Waals surface area contributed by atoms with Crippen LogP contribution in [0.15, 0.2) is 24.3 Å². The summed E-state index contributed by atoms with van der Waals surface area (Å²) >= 11 is 7.81. The Morgan fingerprint density at radius 3 is 2.89 bits per heavy atom. The molecule has 0 saturated carbocycles. The van der Waals surface area contributed by atoms with Crippen LogP contribution in [0.25, 0.3) is 0 Å². The van der Waals surface area contributed by atoms with Crippen molar-refractivity contribution in [3.05, 3.63) is 34.9 Å². The van der Waals surface area contributed by atoms with Gasteiger partial charge >= 0.3 is 0 Å². The Hall–Kier alpha value is -0.220. The molecule has 1 fully saturated rings. The van der Waals surface area contributed by atoms with Crippen molar-refractivity contribution in [3.8, 4) is 0 Å². The highest BCUT2D eigenvalue weighted by Crippen LogP contribution is 2.16. The summed E-state index contributed by atoms with van der Waals surface area (Å²) in [6.45, 7) is 4.20. The second-order valence-corrected chi connectivity index (χ2v) is 6.51. The lowest BCUT2D eigenvalue weighted by Gasteiger charge is -2.19. The van der Waals surface area contributed by atoms with E-state index < -0.39 is 0 Å². The van der Waals surface area contributed by atoms with E-state index in [4.69, 9.17) is 16.3 Å². The van der Waals surface area contributed by atoms with E-state index in [1.165, 1.54) is 18.4 Å². The van der Waals surface area contributed by atoms with Crippen LogP contribution in [-0.2, 0) is 10.5 Å². The van der Waals surface area contributed by atoms with Gasteiger partial charge in [0, 0.05) is 35.7 Å². The van der Waals surface area contributed by atoms with E-state index in [0.717, 1.165) is 29.7 Å². The molecular weight excluding hydrogens is 278 g/mol. The maximum Gasteiger partial charge on any atom is 0.0726 e. The third-order valence-electron chi connectivity index (χ3n) is 3.42. The number of halogens is 1. The first kappa shape index (κ1) is 15.2. The zero-order valence-corrected chi connectivity index (χ0v) is 13.0. The Morgan fingerprint density at radius 2 is 2.21 bits per heavy atom. The molecule has 0 aliphatic carbocycles. The van der Waals surface area contributed by atoms with Gasteiger partial charge < -0.3 is 10.1 Å². The van der Waals surface area contributed by atoms with Crippen LogP contribution in [0.5, 0.6) is 0 Å². The maximum atomic E-state index is 5.86. The van der Waals surface area contributed by atoms with Crippen LogP contribution in [0.4, 0.5) is 0 Å². The molecule has 1 N–H and O–H groups in total. The number of rotatable bonds is 7. The zero-order chi connectivity index (χ0) is 13.5. The Morgan fingerprint density at radius 1 is 1.42 bits per heavy atom. The minimum Gasteiger partial charge on any atom is -0.377 e. The van der Waals surface area contributed by atoms with Crippen LogP contribution in [0, 0.1) is 0 Å². The molecule has 1 saturated heterocycles. The van der Waals surface area contributed by atoms with Crippen molar-refractivity contribution in [3.63, 3.8) is 0 Å². The smallest absolute Gasteiger partial charge is 0.0726 e. The number of thioether (sulfide) groups is 1. The molecule has 2 unspecified atom stereocenters. The van der Waals surface area contributed by atoms with Gasteiger partial charge in [0.05, 0.1) is 6.10 Å². The molecule has 1 aliphatic heterocycles. The van der Waals surface area contributed by atoms with E-state index in [0.29, 0.717) is 12.1 Å². The molecule has 1 aliphatic rings. The Bertz CT molecular complexity index is 365. The molecule has 1 heterocycles. The van der Waals surface area contributed by atoms with Gasteiger partial charge in [-0.3, -0.25) is 0 Å². The summed E-state index contributed by atoms with van der Waals surface area (Å²) in [5.41, 5.74) is 1.33. The lowest BCUT2D eigenvalue weighted by atomic mass is 10.1. The van der Waals surface area contributed by atoms with Gasteiger partial charge in [0.2, 0.25) is 0 Å². The van der Waals surface area contributed by atoms with E-state index in [1.807, 2.05) is 23.9 Å². The fraction of sp³-hybridized carbons (Fsp3) is 0.600. The van der Waals surface area contributed by atoms with E-state index in [-0.39, 0.29) is 0 Å². The topological polar surface area (TPSA) is 21.3 Å². The molecule has 0 bridgehead atoms. The van der Waals surface area contributed by atoms with Gasteiger partial charge in [0.25, 0.3) is 0 Å². The number of hydrogen-bond donors (Lipinski definition) is 1. The van der Waals surface area contributed by atoms with Gasteiger partial charge in [-0.25, -0.2) is 0 Å². The third kappa shape index (κ3) is 5.35. The standard InChI is InChI=1S/C15H22ClNOS/c1-12(15-3-2-9-18-15)17-8-10-19-11-13-4-6-14(16)7-5-13/h4-7,12,15,17H,2-3,8-11H2,1H3. The fourth-order valence-electron chi connectivity index (χ4n) is 2.26. The molecular formula is C15H22ClNOS. The minimum absolute atomic E-state index is 0.418. The Balaban J connectivity index is 1.55. The van der Waals surface area contributed by atoms with E-state index in [1.54, 1.807) is 0 Å². The highest BCUT2D eigenvalue weighted by Gasteiger charge is 2.21. The van der Waals surface area contributed by atoms with Crippen LogP contribution >= 0.6 is 23.4 Å². The van der Waals surface area contributed by atoms with Gasteiger partial charge in [-0.15, -0.1) is 0 Å². The molecule has 1 aromatic rings. The normalized spacial score (nSPS) is 20.6. The average Bonchev–Trinajstić information content (AvgIpc) is 2.94. The van der Waals surface area contributed by atoms with Gasteiger partial charge in [-0.2, -0.15) is 11.8 Å². The predicted octanol–water partition coefficient (Wildman–Crippen LogP) is 3.73. The van der Waals surface area contributed by atoms with Gasteiger partial charge in [0.15, 0.2) is 0 Å². The molecule has 2 atom stereocenters. The highest BCUT2D eigenvalue weighted by atomic mass is 35.5. The predicted molar refractivity (Wildman–Crippen MR) is 84.1 cm³/mol. The summed E-state index contributed by atoms with van der Waals surface area (Å²) in [5, 5.41) is 4.36. The van der Waals surface area contributed by atoms with Gasteiger partial charge in [-0.05, 0) is 37.5 Å². The summed E-state index contributed by atoms with van der Waals surface area (Å²) in [6, 6.07) is 8.57. The van der Waals surface area contributed by atoms with Crippen molar-refractivity contribution in [1.29, 1.82) is 0 Å². The molecule has 0 aromatic heterocycles. The monoisotopic (exact) mass is 299 g/mol. The van der Waals surface area contributed by atoms with E-state index in [2.05, 4.69) is 24.4 Å². The summed E-state index contributed by atoms with van der Waals surface area (Å²) in [7, 11) is 0. The van der Waals surface area contributed by atoms with Crippen molar-refractivity contribution in [2.24, 2.45) is 0 Å². The average molecular weight is 300 g/mol. The first-order valence-corrected chi connectivity index (χ1v) is 8.46. The lowest BCUT2D eigenvalue weighted by Crippen LogP contribution is -2.38. The second-order valence-electron chi connectivity index (χ2n) is 4.97. The van der Waals surface area contributed by atoms with Crippen LogP contribution in [0.3, 0.4) is 0 Å². The van der Waals surface area contributed by atoms with Crippen molar-refractivity contribution >= 4 is 23.4 Å². The van der Waals surface area contributed by atoms with Gasteiger partial charge in [-0.1, -0.05) is 23.7 Å². The van der Waals surface area contributed by atoms with Crippen LogP contribution in [0.2, 0.25) is 5.02 Å². The summed E-state index contributed by atoms with van der Waals surface area (Å²) in [6.07, 6.45) is 2.83. The van der Waals surface area contributed by atoms with Crippen LogP contribution in [0.1, 0.15) is 25.3 Å². The SMILES string of the molecule is CC(NCCSCc1ccc(Cl)cc1)C1CCCO1. The largest absolute Gasteiger partial charge is 0.377 e. The van der Waals surface area contributed by atoms with Crippen molar-refractivity contribution < 1.29 is 4.74 Å². The number of ether oxygens (including phenoxy) is 1. The Kier molecular flexibility index (Phi) is 6.51. The van der Waals surface area contributed by atoms with Crippen molar-refractivity contribution in [1.82, 2.24) is 5.32 Å². The molecule has 4 heteroatoms. The quantitative estimate of drug-likeness (QED) is 0.775. The lowest BCUT2D eigenvalue weighted by molar-refractivity contribution is 0.0844. The number of nitrogens with one attached hydrogen (secondary N) is 1. The number of hydrogen-bond acceptors (Lipinski definition) is 3. The van der Waals surface area contributed by atoms with Crippen molar-refractivity contribution in [2.75, 3.05) is 18.9 Å². The molecule has 1 aromatic carbocycles. The minimum atomic E-state index is 0.418. The van der Waals surface area contributed by atoms with Crippen LogP contribution < -0.4 is 5.32 Å². The first-order chi connectivity index (χ1) is 9.25. The highest BCUT2D eigenvalue weighted by molar-refractivity contribution is 7.98. The third-order valence-corrected chi connectivity index (χ3v) is 4.70. The molecule has 0 spiro atoms. The first-order valence-electron chi connectivity index (χ1n) is 6.93. The molecule has 106 valence electrons. The van der Waals surface area contributed by atoms with Gasteiger partial charge in [0.1, 0.15) is 0 Å². The maximum absolute atomic E-state index is 5.86. The zero-order valence-electron chi connectivity index (χ0n) is 11.4. The van der Waals surface area contributed by atoms with Crippen LogP contribution in [-0.4, -0.2) is 31.1 Å². The van der Waals surface area contributed by atoms with Crippen molar-refractivity contribution in [2.45, 2.75) is 37.7 Å². The van der Waals surface area contributed by atoms with E-state index in [9.17, 15) is 0 Å². The fourth-order valence-corrected chi connectivity index (χ4v) is 3.22. The summed E-state index contributed by atoms with van der Waals surface area (Å²) in [5.74, 6) is 2.17. The molecule has 2 nitrogen and oxygen atoms in total. The second kappa shape index (κ2) is 8.15. The summed E-state index contributed by atoms with van der Waals surface area (Å²) in [4.78, 5) is 0.